The number of carbonyl (C=O) groups excluding carboxylic acids is 2. The van der Waals surface area contributed by atoms with Gasteiger partial charge in [0.2, 0.25) is 11.8 Å². The average Bonchev–Trinajstić information content (AvgIpc) is 3.10. The molecule has 1 N–H and O–H groups in total. The maximum atomic E-state index is 12.3. The van der Waals surface area contributed by atoms with Gasteiger partial charge in [0.15, 0.2) is 11.5 Å². The average molecular weight is 380 g/mol. The van der Waals surface area contributed by atoms with Crippen molar-refractivity contribution in [2.24, 2.45) is 0 Å². The van der Waals surface area contributed by atoms with Gasteiger partial charge >= 0.3 is 0 Å². The second-order valence-corrected chi connectivity index (χ2v) is 6.43. The summed E-state index contributed by atoms with van der Waals surface area (Å²) in [6.45, 7) is 4.68. The minimum Gasteiger partial charge on any atom is -0.493 e. The second kappa shape index (κ2) is 8.61. The van der Waals surface area contributed by atoms with Crippen molar-refractivity contribution in [3.8, 4) is 11.5 Å². The van der Waals surface area contributed by atoms with Crippen LogP contribution in [-0.2, 0) is 16.0 Å². The van der Waals surface area contributed by atoms with Crippen molar-refractivity contribution in [3.63, 3.8) is 0 Å². The molecule has 0 fully saturated rings. The molecule has 6 nitrogen and oxygen atoms in total. The number of hydrogen-bond donors (Lipinski definition) is 1. The quantitative estimate of drug-likeness (QED) is 0.777. The van der Waals surface area contributed by atoms with E-state index >= 15 is 0 Å². The van der Waals surface area contributed by atoms with E-state index < -0.39 is 0 Å². The molecule has 6 heteroatoms. The van der Waals surface area contributed by atoms with Gasteiger partial charge in [-0.05, 0) is 60.9 Å². The van der Waals surface area contributed by atoms with Crippen molar-refractivity contribution >= 4 is 29.3 Å². The molecule has 0 unspecified atom stereocenters. The summed E-state index contributed by atoms with van der Waals surface area (Å²) in [6.07, 6.45) is 4.00. The van der Waals surface area contributed by atoms with Crippen molar-refractivity contribution < 1.29 is 19.1 Å². The molecule has 3 rings (SSSR count). The summed E-state index contributed by atoms with van der Waals surface area (Å²) in [5, 5.41) is 2.86. The number of nitrogens with zero attached hydrogens (tertiary/aromatic N) is 1. The number of nitrogens with one attached hydrogen (secondary N) is 1. The van der Waals surface area contributed by atoms with Gasteiger partial charge in [-0.15, -0.1) is 0 Å². The second-order valence-electron chi connectivity index (χ2n) is 6.43. The Morgan fingerprint density at radius 3 is 2.71 bits per heavy atom. The summed E-state index contributed by atoms with van der Waals surface area (Å²) in [6, 6.07) is 11.1. The Labute approximate surface area is 164 Å². The van der Waals surface area contributed by atoms with Crippen LogP contribution in [0.15, 0.2) is 42.5 Å². The lowest BCUT2D eigenvalue weighted by Crippen LogP contribution is -2.25. The molecule has 0 radical (unpaired) electrons. The fourth-order valence-electron chi connectivity index (χ4n) is 3.23. The van der Waals surface area contributed by atoms with Gasteiger partial charge in [-0.3, -0.25) is 9.59 Å². The number of rotatable bonds is 6. The molecule has 2 aromatic rings. The van der Waals surface area contributed by atoms with Crippen LogP contribution in [0, 0.1) is 0 Å². The van der Waals surface area contributed by atoms with Crippen LogP contribution in [0.5, 0.6) is 11.5 Å². The summed E-state index contributed by atoms with van der Waals surface area (Å²) in [5.74, 6) is 1.10. The first-order valence-corrected chi connectivity index (χ1v) is 9.22. The fourth-order valence-corrected chi connectivity index (χ4v) is 3.23. The van der Waals surface area contributed by atoms with Gasteiger partial charge < -0.3 is 19.7 Å². The van der Waals surface area contributed by atoms with Crippen LogP contribution >= 0.6 is 0 Å². The Balaban J connectivity index is 1.68. The number of benzene rings is 2. The molecular weight excluding hydrogens is 356 g/mol. The molecule has 1 heterocycles. The lowest BCUT2D eigenvalue weighted by atomic mass is 10.1. The molecular formula is C22H24N2O4. The molecule has 1 aliphatic heterocycles. The van der Waals surface area contributed by atoms with E-state index in [1.165, 1.54) is 6.08 Å². The first-order valence-electron chi connectivity index (χ1n) is 9.22. The number of ether oxygens (including phenoxy) is 2. The Hall–Kier alpha value is -3.28. The van der Waals surface area contributed by atoms with Gasteiger partial charge in [-0.1, -0.05) is 6.07 Å². The third kappa shape index (κ3) is 4.34. The maximum Gasteiger partial charge on any atom is 0.248 e. The Bertz CT molecular complexity index is 921. The smallest absolute Gasteiger partial charge is 0.248 e. The lowest BCUT2D eigenvalue weighted by molar-refractivity contribution is -0.116. The van der Waals surface area contributed by atoms with E-state index in [2.05, 4.69) is 5.32 Å². The monoisotopic (exact) mass is 380 g/mol. The SMILES string of the molecule is CCOc1cc(/C=C/C(=O)Nc2ccc3c(c2)CCN3C(C)=O)ccc1OC. The number of anilines is 2. The van der Waals surface area contributed by atoms with Crippen molar-refractivity contribution in [1.29, 1.82) is 0 Å². The molecule has 1 aliphatic rings. The third-order valence-corrected chi connectivity index (χ3v) is 4.54. The third-order valence-electron chi connectivity index (χ3n) is 4.54. The largest absolute Gasteiger partial charge is 0.493 e. The topological polar surface area (TPSA) is 67.9 Å². The molecule has 0 bridgehead atoms. The van der Waals surface area contributed by atoms with Gasteiger partial charge in [-0.25, -0.2) is 0 Å². The highest BCUT2D eigenvalue weighted by Crippen LogP contribution is 2.31. The summed E-state index contributed by atoms with van der Waals surface area (Å²) < 4.78 is 10.8. The summed E-state index contributed by atoms with van der Waals surface area (Å²) in [5.41, 5.74) is 3.53. The van der Waals surface area contributed by atoms with Crippen LogP contribution in [0.1, 0.15) is 25.0 Å². The van der Waals surface area contributed by atoms with Crippen molar-refractivity contribution in [1.82, 2.24) is 0 Å². The number of carbonyl (C=O) groups is 2. The number of amides is 2. The predicted octanol–water partition coefficient (Wildman–Crippen LogP) is 3.65. The highest BCUT2D eigenvalue weighted by Gasteiger charge is 2.22. The van der Waals surface area contributed by atoms with Gasteiger partial charge in [0.05, 0.1) is 13.7 Å². The standard InChI is InChI=1S/C22H24N2O4/c1-4-28-21-13-16(5-9-20(21)27-3)6-10-22(26)23-18-7-8-19-17(14-18)11-12-24(19)15(2)25/h5-10,13-14H,4,11-12H2,1-3H3,(H,23,26)/b10-6+. The summed E-state index contributed by atoms with van der Waals surface area (Å²) >= 11 is 0. The van der Waals surface area contributed by atoms with E-state index in [-0.39, 0.29) is 11.8 Å². The minimum atomic E-state index is -0.227. The van der Waals surface area contributed by atoms with Crippen molar-refractivity contribution in [2.45, 2.75) is 20.3 Å². The molecule has 2 aromatic carbocycles. The molecule has 0 aliphatic carbocycles. The molecule has 0 spiro atoms. The van der Waals surface area contributed by atoms with E-state index in [0.717, 1.165) is 23.2 Å². The van der Waals surface area contributed by atoms with E-state index in [9.17, 15) is 9.59 Å². The molecule has 2 amide bonds. The van der Waals surface area contributed by atoms with Gasteiger partial charge in [-0.2, -0.15) is 0 Å². The molecule has 0 aromatic heterocycles. The van der Waals surface area contributed by atoms with Crippen molar-refractivity contribution in [2.75, 3.05) is 30.5 Å². The predicted molar refractivity (Wildman–Crippen MR) is 110 cm³/mol. The first-order chi connectivity index (χ1) is 13.5. The maximum absolute atomic E-state index is 12.3. The molecule has 28 heavy (non-hydrogen) atoms. The van der Waals surface area contributed by atoms with E-state index in [1.54, 1.807) is 25.0 Å². The van der Waals surface area contributed by atoms with Gasteiger partial charge in [0.25, 0.3) is 0 Å². The number of methoxy groups -OCH3 is 1. The fraction of sp³-hybridized carbons (Fsp3) is 0.273. The number of fused-ring (bicyclic) bond motifs is 1. The normalized spacial score (nSPS) is 12.8. The van der Waals surface area contributed by atoms with E-state index in [4.69, 9.17) is 9.47 Å². The Morgan fingerprint density at radius 1 is 1.18 bits per heavy atom. The molecule has 0 atom stereocenters. The Morgan fingerprint density at radius 2 is 2.00 bits per heavy atom. The van der Waals surface area contributed by atoms with Gasteiger partial charge in [0, 0.05) is 30.9 Å². The highest BCUT2D eigenvalue weighted by atomic mass is 16.5. The van der Waals surface area contributed by atoms with Crippen LogP contribution in [-0.4, -0.2) is 32.1 Å². The van der Waals surface area contributed by atoms with Crippen molar-refractivity contribution in [3.05, 3.63) is 53.6 Å². The zero-order valence-corrected chi connectivity index (χ0v) is 16.3. The summed E-state index contributed by atoms with van der Waals surface area (Å²) in [7, 11) is 1.59. The van der Waals surface area contributed by atoms with Gasteiger partial charge in [0.1, 0.15) is 0 Å². The Kier molecular flexibility index (Phi) is 5.99. The number of hydrogen-bond acceptors (Lipinski definition) is 4. The van der Waals surface area contributed by atoms with Crippen LogP contribution in [0.25, 0.3) is 6.08 Å². The lowest BCUT2D eigenvalue weighted by Gasteiger charge is -2.14. The van der Waals surface area contributed by atoms with Crippen LogP contribution in [0.2, 0.25) is 0 Å². The molecule has 0 saturated heterocycles. The van der Waals surface area contributed by atoms with E-state index in [1.807, 2.05) is 43.3 Å². The zero-order chi connectivity index (χ0) is 20.1. The first kappa shape index (κ1) is 19.5. The molecule has 0 saturated carbocycles. The molecule has 146 valence electrons. The minimum absolute atomic E-state index is 0.0318. The van der Waals surface area contributed by atoms with Crippen LogP contribution in [0.4, 0.5) is 11.4 Å². The highest BCUT2D eigenvalue weighted by molar-refractivity contribution is 6.02. The van der Waals surface area contributed by atoms with Crippen LogP contribution < -0.4 is 19.7 Å². The van der Waals surface area contributed by atoms with Crippen LogP contribution in [0.3, 0.4) is 0 Å². The summed E-state index contributed by atoms with van der Waals surface area (Å²) in [4.78, 5) is 25.7. The van der Waals surface area contributed by atoms with E-state index in [0.29, 0.717) is 30.3 Å². The zero-order valence-electron chi connectivity index (χ0n) is 16.3.